The van der Waals surface area contributed by atoms with E-state index in [1.54, 1.807) is 7.11 Å². The van der Waals surface area contributed by atoms with Gasteiger partial charge in [0.05, 0.1) is 26.4 Å². The molecular formula is C13H15NO2. The average Bonchev–Trinajstić information content (AvgIpc) is 2.28. The fourth-order valence-electron chi connectivity index (χ4n) is 1.95. The quantitative estimate of drug-likeness (QED) is 0.778. The molecular weight excluding hydrogens is 202 g/mol. The first-order chi connectivity index (χ1) is 7.75. The lowest BCUT2D eigenvalue weighted by Crippen LogP contribution is -2.45. The Balaban J connectivity index is 2.40. The molecule has 3 heteroatoms. The SMILES string of the molecule is CCc1cc(C2(C#N)COC2)ccc1OC. The first-order valence-corrected chi connectivity index (χ1v) is 5.42. The van der Waals surface area contributed by atoms with Crippen LogP contribution >= 0.6 is 0 Å². The normalized spacial score (nSPS) is 17.3. The molecule has 16 heavy (non-hydrogen) atoms. The number of ether oxygens (including phenoxy) is 2. The molecule has 0 radical (unpaired) electrons. The van der Waals surface area contributed by atoms with Gasteiger partial charge < -0.3 is 9.47 Å². The van der Waals surface area contributed by atoms with Gasteiger partial charge >= 0.3 is 0 Å². The summed E-state index contributed by atoms with van der Waals surface area (Å²) in [6, 6.07) is 8.31. The van der Waals surface area contributed by atoms with Crippen molar-refractivity contribution in [3.05, 3.63) is 29.3 Å². The number of nitrogens with zero attached hydrogens (tertiary/aromatic N) is 1. The molecule has 1 aromatic carbocycles. The monoisotopic (exact) mass is 217 g/mol. The zero-order valence-corrected chi connectivity index (χ0v) is 9.62. The van der Waals surface area contributed by atoms with Crippen LogP contribution < -0.4 is 4.74 Å². The summed E-state index contributed by atoms with van der Waals surface area (Å²) in [6.07, 6.45) is 0.902. The molecule has 0 aromatic heterocycles. The molecule has 0 N–H and O–H groups in total. The topological polar surface area (TPSA) is 42.2 Å². The van der Waals surface area contributed by atoms with E-state index in [9.17, 15) is 5.26 Å². The van der Waals surface area contributed by atoms with Crippen LogP contribution in [0.4, 0.5) is 0 Å². The highest BCUT2D eigenvalue weighted by Gasteiger charge is 2.41. The second kappa shape index (κ2) is 4.15. The molecule has 1 aliphatic rings. The van der Waals surface area contributed by atoms with E-state index >= 15 is 0 Å². The van der Waals surface area contributed by atoms with Crippen molar-refractivity contribution in [1.29, 1.82) is 5.26 Å². The molecule has 0 spiro atoms. The molecule has 0 bridgehead atoms. The molecule has 0 amide bonds. The minimum Gasteiger partial charge on any atom is -0.496 e. The number of methoxy groups -OCH3 is 1. The largest absolute Gasteiger partial charge is 0.496 e. The highest BCUT2D eigenvalue weighted by molar-refractivity contribution is 5.44. The number of nitriles is 1. The van der Waals surface area contributed by atoms with Gasteiger partial charge in [0.2, 0.25) is 0 Å². The van der Waals surface area contributed by atoms with Crippen molar-refractivity contribution >= 4 is 0 Å². The van der Waals surface area contributed by atoms with Gasteiger partial charge in [-0.25, -0.2) is 0 Å². The number of hydrogen-bond acceptors (Lipinski definition) is 3. The third-order valence-electron chi connectivity index (χ3n) is 3.12. The number of hydrogen-bond donors (Lipinski definition) is 0. The zero-order valence-electron chi connectivity index (χ0n) is 9.62. The molecule has 1 aliphatic heterocycles. The van der Waals surface area contributed by atoms with Crippen LogP contribution in [0.1, 0.15) is 18.1 Å². The smallest absolute Gasteiger partial charge is 0.129 e. The molecule has 3 nitrogen and oxygen atoms in total. The second-order valence-electron chi connectivity index (χ2n) is 4.07. The van der Waals surface area contributed by atoms with Crippen molar-refractivity contribution in [2.45, 2.75) is 18.8 Å². The fourth-order valence-corrected chi connectivity index (χ4v) is 1.95. The Morgan fingerprint density at radius 3 is 2.69 bits per heavy atom. The van der Waals surface area contributed by atoms with E-state index in [1.807, 2.05) is 12.1 Å². The van der Waals surface area contributed by atoms with Gasteiger partial charge in [0.1, 0.15) is 11.2 Å². The Kier molecular flexibility index (Phi) is 2.84. The Hall–Kier alpha value is -1.53. The summed E-state index contributed by atoms with van der Waals surface area (Å²) in [6.45, 7) is 3.08. The van der Waals surface area contributed by atoms with Crippen molar-refractivity contribution < 1.29 is 9.47 Å². The van der Waals surface area contributed by atoms with Crippen LogP contribution in [-0.4, -0.2) is 20.3 Å². The lowest BCUT2D eigenvalue weighted by molar-refractivity contribution is -0.0298. The summed E-state index contributed by atoms with van der Waals surface area (Å²) in [5.41, 5.74) is 1.75. The molecule has 1 heterocycles. The fraction of sp³-hybridized carbons (Fsp3) is 0.462. The zero-order chi connectivity index (χ0) is 11.6. The maximum atomic E-state index is 9.22. The van der Waals surface area contributed by atoms with Gasteiger partial charge in [-0.2, -0.15) is 5.26 Å². The van der Waals surface area contributed by atoms with Gasteiger partial charge in [0.25, 0.3) is 0 Å². The lowest BCUT2D eigenvalue weighted by atomic mass is 9.79. The third-order valence-corrected chi connectivity index (χ3v) is 3.12. The van der Waals surface area contributed by atoms with E-state index in [2.05, 4.69) is 19.1 Å². The van der Waals surface area contributed by atoms with Gasteiger partial charge in [0.15, 0.2) is 0 Å². The minimum absolute atomic E-state index is 0.434. The van der Waals surface area contributed by atoms with Crippen LogP contribution in [0.15, 0.2) is 18.2 Å². The maximum absolute atomic E-state index is 9.22. The third kappa shape index (κ3) is 1.56. The number of aryl methyl sites for hydroxylation is 1. The molecule has 1 saturated heterocycles. The maximum Gasteiger partial charge on any atom is 0.129 e. The van der Waals surface area contributed by atoms with Crippen LogP contribution in [0.3, 0.4) is 0 Å². The first-order valence-electron chi connectivity index (χ1n) is 5.42. The lowest BCUT2D eigenvalue weighted by Gasteiger charge is -2.35. The standard InChI is InChI=1S/C13H15NO2/c1-3-10-6-11(4-5-12(10)15-2)13(7-14)8-16-9-13/h4-6H,3,8-9H2,1-2H3. The Morgan fingerprint density at radius 2 is 2.25 bits per heavy atom. The van der Waals surface area contributed by atoms with E-state index < -0.39 is 5.41 Å². The highest BCUT2D eigenvalue weighted by Crippen LogP contribution is 2.34. The summed E-state index contributed by atoms with van der Waals surface area (Å²) in [5, 5.41) is 9.22. The van der Waals surface area contributed by atoms with Gasteiger partial charge in [-0.3, -0.25) is 0 Å². The molecule has 0 saturated carbocycles. The molecule has 0 unspecified atom stereocenters. The Bertz CT molecular complexity index is 430. The number of benzene rings is 1. The van der Waals surface area contributed by atoms with Gasteiger partial charge in [-0.15, -0.1) is 0 Å². The molecule has 1 fully saturated rings. The first kappa shape index (κ1) is 11.0. The second-order valence-corrected chi connectivity index (χ2v) is 4.07. The van der Waals surface area contributed by atoms with Crippen molar-refractivity contribution in [2.24, 2.45) is 0 Å². The van der Waals surface area contributed by atoms with Crippen LogP contribution in [0.25, 0.3) is 0 Å². The summed E-state index contributed by atoms with van der Waals surface area (Å²) < 4.78 is 10.4. The summed E-state index contributed by atoms with van der Waals surface area (Å²) in [5.74, 6) is 0.889. The predicted octanol–water partition coefficient (Wildman–Crippen LogP) is 2.05. The van der Waals surface area contributed by atoms with Crippen LogP contribution in [0, 0.1) is 11.3 Å². The van der Waals surface area contributed by atoms with Gasteiger partial charge in [-0.05, 0) is 23.6 Å². The van der Waals surface area contributed by atoms with Gasteiger partial charge in [0, 0.05) is 0 Å². The summed E-state index contributed by atoms with van der Waals surface area (Å²) >= 11 is 0. The van der Waals surface area contributed by atoms with Crippen molar-refractivity contribution in [3.63, 3.8) is 0 Å². The molecule has 1 aromatic rings. The van der Waals surface area contributed by atoms with Crippen LogP contribution in [0.5, 0.6) is 5.75 Å². The van der Waals surface area contributed by atoms with E-state index in [4.69, 9.17) is 9.47 Å². The van der Waals surface area contributed by atoms with Gasteiger partial charge in [-0.1, -0.05) is 19.1 Å². The average molecular weight is 217 g/mol. The van der Waals surface area contributed by atoms with Crippen LogP contribution in [0.2, 0.25) is 0 Å². The predicted molar refractivity (Wildman–Crippen MR) is 60.5 cm³/mol. The van der Waals surface area contributed by atoms with E-state index in [0.717, 1.165) is 23.3 Å². The van der Waals surface area contributed by atoms with E-state index in [-0.39, 0.29) is 0 Å². The minimum atomic E-state index is -0.434. The molecule has 0 aliphatic carbocycles. The van der Waals surface area contributed by atoms with Crippen LogP contribution in [-0.2, 0) is 16.6 Å². The summed E-state index contributed by atoms with van der Waals surface area (Å²) in [7, 11) is 1.67. The summed E-state index contributed by atoms with van der Waals surface area (Å²) in [4.78, 5) is 0. The molecule has 0 atom stereocenters. The van der Waals surface area contributed by atoms with E-state index in [1.165, 1.54) is 0 Å². The van der Waals surface area contributed by atoms with Crippen molar-refractivity contribution in [2.75, 3.05) is 20.3 Å². The van der Waals surface area contributed by atoms with Crippen molar-refractivity contribution in [1.82, 2.24) is 0 Å². The molecule has 84 valence electrons. The van der Waals surface area contributed by atoms with Crippen molar-refractivity contribution in [3.8, 4) is 11.8 Å². The molecule has 2 rings (SSSR count). The van der Waals surface area contributed by atoms with E-state index in [0.29, 0.717) is 13.2 Å². The Morgan fingerprint density at radius 1 is 1.50 bits per heavy atom. The highest BCUT2D eigenvalue weighted by atomic mass is 16.5. The Labute approximate surface area is 95.6 Å². The number of rotatable bonds is 3.